The van der Waals surface area contributed by atoms with Crippen molar-refractivity contribution in [3.63, 3.8) is 0 Å². The first-order valence-corrected chi connectivity index (χ1v) is 10.4. The first kappa shape index (κ1) is 19.6. The highest BCUT2D eigenvalue weighted by atomic mass is 127. The van der Waals surface area contributed by atoms with Crippen molar-refractivity contribution in [2.45, 2.75) is 19.4 Å². The minimum atomic E-state index is -0.666. The van der Waals surface area contributed by atoms with Gasteiger partial charge >= 0.3 is 0 Å². The van der Waals surface area contributed by atoms with Gasteiger partial charge in [-0.25, -0.2) is 0 Å². The van der Waals surface area contributed by atoms with Crippen LogP contribution in [0.5, 0.6) is 0 Å². The fourth-order valence-corrected chi connectivity index (χ4v) is 3.96. The number of hydrogen-bond acceptors (Lipinski definition) is 3. The number of thiophene rings is 1. The number of benzene rings is 2. The van der Waals surface area contributed by atoms with Crippen LogP contribution in [0.2, 0.25) is 0 Å². The maximum Gasteiger partial charge on any atom is 0.262 e. The molecule has 0 aliphatic rings. The standard InChI is InChI=1S/C21H19IN2O2S/c1-14-12-16(22)9-10-17(14)23-20(25)18(13-15-6-3-2-4-7-15)24-21(26)19-8-5-11-27-19/h2-12,18H,13H2,1H3,(H,23,25)(H,24,26). The van der Waals surface area contributed by atoms with E-state index in [4.69, 9.17) is 0 Å². The molecule has 1 unspecified atom stereocenters. The molecule has 1 heterocycles. The number of hydrogen-bond donors (Lipinski definition) is 2. The molecule has 138 valence electrons. The highest BCUT2D eigenvalue weighted by Crippen LogP contribution is 2.18. The van der Waals surface area contributed by atoms with Gasteiger partial charge in [0.15, 0.2) is 0 Å². The van der Waals surface area contributed by atoms with Gasteiger partial charge in [-0.1, -0.05) is 36.4 Å². The van der Waals surface area contributed by atoms with Gasteiger partial charge in [0.1, 0.15) is 6.04 Å². The molecule has 4 nitrogen and oxygen atoms in total. The molecule has 2 aromatic carbocycles. The van der Waals surface area contributed by atoms with Crippen molar-refractivity contribution in [2.24, 2.45) is 0 Å². The summed E-state index contributed by atoms with van der Waals surface area (Å²) in [6.45, 7) is 1.95. The van der Waals surface area contributed by atoms with Crippen molar-refractivity contribution in [1.29, 1.82) is 0 Å². The second-order valence-corrected chi connectivity index (χ2v) is 8.33. The van der Waals surface area contributed by atoms with Crippen LogP contribution >= 0.6 is 33.9 Å². The van der Waals surface area contributed by atoms with Crippen molar-refractivity contribution in [1.82, 2.24) is 5.32 Å². The van der Waals surface area contributed by atoms with Gasteiger partial charge in [0.2, 0.25) is 5.91 Å². The molecule has 0 spiro atoms. The van der Waals surface area contributed by atoms with E-state index in [0.717, 1.165) is 20.4 Å². The number of rotatable bonds is 6. The van der Waals surface area contributed by atoms with Crippen molar-refractivity contribution < 1.29 is 9.59 Å². The molecule has 0 saturated carbocycles. The molecule has 0 bridgehead atoms. The fourth-order valence-electron chi connectivity index (χ4n) is 2.68. The molecular weight excluding hydrogens is 471 g/mol. The third-order valence-corrected chi connectivity index (χ3v) is 5.64. The quantitative estimate of drug-likeness (QED) is 0.495. The first-order valence-electron chi connectivity index (χ1n) is 8.48. The molecule has 0 fully saturated rings. The molecule has 2 N–H and O–H groups in total. The van der Waals surface area contributed by atoms with Gasteiger partial charge in [-0.05, 0) is 70.3 Å². The lowest BCUT2D eigenvalue weighted by molar-refractivity contribution is -0.118. The average molecular weight is 490 g/mol. The Morgan fingerprint density at radius 1 is 1.07 bits per heavy atom. The molecule has 3 aromatic rings. The zero-order valence-electron chi connectivity index (χ0n) is 14.7. The van der Waals surface area contributed by atoms with Gasteiger partial charge in [-0.15, -0.1) is 11.3 Å². The lowest BCUT2D eigenvalue weighted by atomic mass is 10.0. The Morgan fingerprint density at radius 3 is 2.52 bits per heavy atom. The number of carbonyl (C=O) groups is 2. The zero-order valence-corrected chi connectivity index (χ0v) is 17.7. The highest BCUT2D eigenvalue weighted by molar-refractivity contribution is 14.1. The van der Waals surface area contributed by atoms with Crippen LogP contribution in [0.15, 0.2) is 66.0 Å². The number of aryl methyl sites for hydroxylation is 1. The third-order valence-electron chi connectivity index (χ3n) is 4.10. The maximum absolute atomic E-state index is 12.9. The summed E-state index contributed by atoms with van der Waals surface area (Å²) in [4.78, 5) is 26.0. The van der Waals surface area contributed by atoms with Gasteiger partial charge in [-0.2, -0.15) is 0 Å². The number of anilines is 1. The molecule has 0 aliphatic carbocycles. The third kappa shape index (κ3) is 5.40. The number of amides is 2. The molecule has 0 saturated heterocycles. The normalized spacial score (nSPS) is 11.6. The van der Waals surface area contributed by atoms with E-state index in [0.29, 0.717) is 11.3 Å². The van der Waals surface area contributed by atoms with E-state index < -0.39 is 6.04 Å². The summed E-state index contributed by atoms with van der Waals surface area (Å²) in [5, 5.41) is 7.67. The Morgan fingerprint density at radius 2 is 1.85 bits per heavy atom. The lowest BCUT2D eigenvalue weighted by Crippen LogP contribution is -2.45. The molecule has 6 heteroatoms. The lowest BCUT2D eigenvalue weighted by Gasteiger charge is -2.19. The van der Waals surface area contributed by atoms with Crippen LogP contribution in [-0.4, -0.2) is 17.9 Å². The van der Waals surface area contributed by atoms with Crippen molar-refractivity contribution in [3.05, 3.63) is 85.6 Å². The Hall–Kier alpha value is -2.19. The van der Waals surface area contributed by atoms with E-state index in [2.05, 4.69) is 33.2 Å². The van der Waals surface area contributed by atoms with E-state index in [1.807, 2.05) is 66.9 Å². The van der Waals surface area contributed by atoms with Crippen LogP contribution in [0.25, 0.3) is 0 Å². The molecule has 2 amide bonds. The van der Waals surface area contributed by atoms with Crippen LogP contribution in [-0.2, 0) is 11.2 Å². The molecule has 3 rings (SSSR count). The smallest absolute Gasteiger partial charge is 0.262 e. The van der Waals surface area contributed by atoms with E-state index >= 15 is 0 Å². The number of nitrogens with one attached hydrogen (secondary N) is 2. The summed E-state index contributed by atoms with van der Waals surface area (Å²) in [7, 11) is 0. The molecular formula is C21H19IN2O2S. The van der Waals surface area contributed by atoms with E-state index in [-0.39, 0.29) is 11.8 Å². The van der Waals surface area contributed by atoms with Gasteiger partial charge in [-0.3, -0.25) is 9.59 Å². The predicted octanol–water partition coefficient (Wildman–Crippen LogP) is 4.64. The van der Waals surface area contributed by atoms with Crippen LogP contribution in [0.1, 0.15) is 20.8 Å². The first-order chi connectivity index (χ1) is 13.0. The number of carbonyl (C=O) groups excluding carboxylic acids is 2. The Labute approximate surface area is 176 Å². The van der Waals surface area contributed by atoms with E-state index in [1.165, 1.54) is 11.3 Å². The van der Waals surface area contributed by atoms with Crippen LogP contribution in [0, 0.1) is 10.5 Å². The fraction of sp³-hybridized carbons (Fsp3) is 0.143. The summed E-state index contributed by atoms with van der Waals surface area (Å²) >= 11 is 3.59. The van der Waals surface area contributed by atoms with Crippen molar-refractivity contribution >= 4 is 51.4 Å². The highest BCUT2D eigenvalue weighted by Gasteiger charge is 2.23. The molecule has 0 radical (unpaired) electrons. The van der Waals surface area contributed by atoms with Crippen LogP contribution < -0.4 is 10.6 Å². The van der Waals surface area contributed by atoms with Gasteiger partial charge in [0, 0.05) is 15.7 Å². The SMILES string of the molecule is Cc1cc(I)ccc1NC(=O)C(Cc1ccccc1)NC(=O)c1cccs1. The van der Waals surface area contributed by atoms with Crippen molar-refractivity contribution in [3.8, 4) is 0 Å². The summed E-state index contributed by atoms with van der Waals surface area (Å²) in [6.07, 6.45) is 0.424. The monoisotopic (exact) mass is 490 g/mol. The van der Waals surface area contributed by atoms with E-state index in [1.54, 1.807) is 6.07 Å². The summed E-state index contributed by atoms with van der Waals surface area (Å²) in [5.41, 5.74) is 2.73. The van der Waals surface area contributed by atoms with Gasteiger partial charge in [0.05, 0.1) is 4.88 Å². The second kappa shape index (κ2) is 9.14. The molecule has 1 atom stereocenters. The zero-order chi connectivity index (χ0) is 19.2. The Bertz CT molecular complexity index is 927. The number of halogens is 1. The minimum Gasteiger partial charge on any atom is -0.339 e. The second-order valence-electron chi connectivity index (χ2n) is 6.14. The summed E-state index contributed by atoms with van der Waals surface area (Å²) in [5.74, 6) is -0.464. The molecule has 27 heavy (non-hydrogen) atoms. The van der Waals surface area contributed by atoms with Crippen LogP contribution in [0.4, 0.5) is 5.69 Å². The molecule has 0 aliphatic heterocycles. The van der Waals surface area contributed by atoms with Crippen molar-refractivity contribution in [2.75, 3.05) is 5.32 Å². The average Bonchev–Trinajstić information content (AvgIpc) is 3.19. The van der Waals surface area contributed by atoms with Crippen LogP contribution in [0.3, 0.4) is 0 Å². The van der Waals surface area contributed by atoms with Gasteiger partial charge < -0.3 is 10.6 Å². The Kier molecular flexibility index (Phi) is 6.63. The summed E-state index contributed by atoms with van der Waals surface area (Å²) < 4.78 is 1.11. The largest absolute Gasteiger partial charge is 0.339 e. The minimum absolute atomic E-state index is 0.229. The van der Waals surface area contributed by atoms with Gasteiger partial charge in [0.25, 0.3) is 5.91 Å². The molecule has 1 aromatic heterocycles. The predicted molar refractivity (Wildman–Crippen MR) is 118 cm³/mol. The maximum atomic E-state index is 12.9. The topological polar surface area (TPSA) is 58.2 Å². The van der Waals surface area contributed by atoms with E-state index in [9.17, 15) is 9.59 Å². The summed E-state index contributed by atoms with van der Waals surface area (Å²) in [6, 6.07) is 18.4. The Balaban J connectivity index is 1.79.